The van der Waals surface area contributed by atoms with E-state index in [2.05, 4.69) is 20.9 Å². The Morgan fingerprint density at radius 3 is 2.68 bits per heavy atom. The third-order valence-electron chi connectivity index (χ3n) is 6.98. The van der Waals surface area contributed by atoms with E-state index in [-0.39, 0.29) is 29.7 Å². The summed E-state index contributed by atoms with van der Waals surface area (Å²) >= 11 is 0. The molecule has 31 heavy (non-hydrogen) atoms. The molecule has 3 amide bonds. The van der Waals surface area contributed by atoms with Gasteiger partial charge in [-0.2, -0.15) is 0 Å². The number of carbonyl (C=O) groups excluding carboxylic acids is 3. The fourth-order valence-electron chi connectivity index (χ4n) is 5.12. The molecule has 0 aromatic heterocycles. The Morgan fingerprint density at radius 2 is 1.97 bits per heavy atom. The van der Waals surface area contributed by atoms with Gasteiger partial charge in [0.25, 0.3) is 5.91 Å². The third kappa shape index (κ3) is 3.76. The maximum absolute atomic E-state index is 13.0. The van der Waals surface area contributed by atoms with E-state index in [0.717, 1.165) is 57.1 Å². The Morgan fingerprint density at radius 1 is 1.16 bits per heavy atom. The van der Waals surface area contributed by atoms with Gasteiger partial charge in [-0.3, -0.25) is 24.6 Å². The monoisotopic (exact) mass is 427 g/mol. The molecule has 0 saturated carbocycles. The summed E-state index contributed by atoms with van der Waals surface area (Å²) in [7, 11) is 0. The molecule has 3 fully saturated rings. The summed E-state index contributed by atoms with van der Waals surface area (Å²) in [4.78, 5) is 40.9. The minimum Gasteiger partial charge on any atom is -0.377 e. The highest BCUT2D eigenvalue weighted by Gasteiger charge is 2.44. The predicted octanol–water partition coefficient (Wildman–Crippen LogP) is -0.789. The topological polar surface area (TPSA) is 103 Å². The molecular weight excluding hydrogens is 398 g/mol. The van der Waals surface area contributed by atoms with Gasteiger partial charge in [0, 0.05) is 57.8 Å². The van der Waals surface area contributed by atoms with E-state index in [4.69, 9.17) is 4.74 Å². The Bertz CT molecular complexity index is 894. The molecule has 1 unspecified atom stereocenters. The quantitative estimate of drug-likeness (QED) is 0.512. The van der Waals surface area contributed by atoms with Crippen molar-refractivity contribution in [1.82, 2.24) is 25.8 Å². The number of hydrogen-bond acceptors (Lipinski definition) is 7. The third-order valence-corrected chi connectivity index (χ3v) is 6.98. The molecule has 5 rings (SSSR count). The number of piperazine rings is 1. The molecule has 1 aromatic carbocycles. The van der Waals surface area contributed by atoms with Crippen LogP contribution in [0.2, 0.25) is 0 Å². The van der Waals surface area contributed by atoms with Crippen molar-refractivity contribution < 1.29 is 19.1 Å². The predicted molar refractivity (Wildman–Crippen MR) is 112 cm³/mol. The second kappa shape index (κ2) is 8.31. The van der Waals surface area contributed by atoms with Gasteiger partial charge < -0.3 is 20.3 Å². The van der Waals surface area contributed by atoms with E-state index in [1.54, 1.807) is 4.90 Å². The van der Waals surface area contributed by atoms with Crippen molar-refractivity contribution in [3.63, 3.8) is 0 Å². The molecule has 0 spiro atoms. The van der Waals surface area contributed by atoms with Crippen LogP contribution < -0.4 is 16.0 Å². The van der Waals surface area contributed by atoms with Gasteiger partial charge in [-0.15, -0.1) is 0 Å². The molecule has 1 aromatic rings. The second-order valence-electron chi connectivity index (χ2n) is 8.90. The number of fused-ring (bicyclic) bond motifs is 1. The summed E-state index contributed by atoms with van der Waals surface area (Å²) in [5.74, 6) is -0.773. The fraction of sp³-hybridized carbons (Fsp3) is 0.591. The lowest BCUT2D eigenvalue weighted by Gasteiger charge is -2.51. The lowest BCUT2D eigenvalue weighted by molar-refractivity contribution is -0.141. The number of carbonyl (C=O) groups is 3. The van der Waals surface area contributed by atoms with Gasteiger partial charge in [0.1, 0.15) is 6.04 Å². The molecular formula is C22H29N5O4. The Labute approximate surface area is 181 Å². The molecule has 166 valence electrons. The van der Waals surface area contributed by atoms with Gasteiger partial charge in [0.05, 0.1) is 18.8 Å². The van der Waals surface area contributed by atoms with Crippen molar-refractivity contribution in [2.24, 2.45) is 0 Å². The highest BCUT2D eigenvalue weighted by molar-refractivity contribution is 6.05. The molecule has 3 saturated heterocycles. The van der Waals surface area contributed by atoms with Crippen LogP contribution in [0.5, 0.6) is 0 Å². The van der Waals surface area contributed by atoms with Gasteiger partial charge in [0.2, 0.25) is 11.8 Å². The zero-order valence-electron chi connectivity index (χ0n) is 17.6. The average molecular weight is 428 g/mol. The van der Waals surface area contributed by atoms with Crippen LogP contribution >= 0.6 is 0 Å². The van der Waals surface area contributed by atoms with Crippen molar-refractivity contribution in [3.8, 4) is 0 Å². The number of nitrogens with zero attached hydrogens (tertiary/aromatic N) is 2. The molecule has 9 nitrogen and oxygen atoms in total. The first kappa shape index (κ1) is 20.6. The second-order valence-corrected chi connectivity index (χ2v) is 8.90. The molecule has 0 bridgehead atoms. The van der Waals surface area contributed by atoms with E-state index in [1.807, 2.05) is 18.2 Å². The largest absolute Gasteiger partial charge is 0.377 e. The standard InChI is InChI=1S/C22H29N5O4/c28-19-5-4-18(20(29)25-19)27-11-17-15(2-1-3-16(17)21(27)30)10-24-12-22(13-31-14-22)26-8-6-23-7-9-26/h1-3,18,23-24H,4-14H2,(H,25,28,29). The Balaban J connectivity index is 1.25. The average Bonchev–Trinajstić information content (AvgIpc) is 3.08. The summed E-state index contributed by atoms with van der Waals surface area (Å²) < 4.78 is 5.57. The first-order chi connectivity index (χ1) is 15.1. The van der Waals surface area contributed by atoms with Crippen LogP contribution in [0, 0.1) is 0 Å². The molecule has 9 heteroatoms. The van der Waals surface area contributed by atoms with E-state index in [1.165, 1.54) is 0 Å². The van der Waals surface area contributed by atoms with Gasteiger partial charge in [-0.05, 0) is 23.6 Å². The summed E-state index contributed by atoms with van der Waals surface area (Å²) in [6.07, 6.45) is 0.645. The molecule has 4 heterocycles. The van der Waals surface area contributed by atoms with Gasteiger partial charge >= 0.3 is 0 Å². The van der Waals surface area contributed by atoms with Crippen molar-refractivity contribution in [1.29, 1.82) is 0 Å². The lowest BCUT2D eigenvalue weighted by Crippen LogP contribution is -2.69. The zero-order valence-corrected chi connectivity index (χ0v) is 17.6. The van der Waals surface area contributed by atoms with Crippen LogP contribution in [-0.4, -0.2) is 85.0 Å². The number of rotatable bonds is 6. The summed E-state index contributed by atoms with van der Waals surface area (Å²) in [6, 6.07) is 5.19. The molecule has 4 aliphatic heterocycles. The van der Waals surface area contributed by atoms with Crippen molar-refractivity contribution >= 4 is 17.7 Å². The maximum atomic E-state index is 13.0. The highest BCUT2D eigenvalue weighted by Crippen LogP contribution is 2.30. The van der Waals surface area contributed by atoms with Crippen molar-refractivity contribution in [2.45, 2.75) is 37.5 Å². The molecule has 1 atom stereocenters. The van der Waals surface area contributed by atoms with E-state index in [9.17, 15) is 14.4 Å². The number of nitrogens with one attached hydrogen (secondary N) is 3. The van der Waals surface area contributed by atoms with Crippen LogP contribution in [0.25, 0.3) is 0 Å². The van der Waals surface area contributed by atoms with E-state index >= 15 is 0 Å². The van der Waals surface area contributed by atoms with Crippen LogP contribution in [0.1, 0.15) is 34.3 Å². The number of ether oxygens (including phenoxy) is 1. The van der Waals surface area contributed by atoms with Gasteiger partial charge in [-0.1, -0.05) is 12.1 Å². The molecule has 4 aliphatic rings. The van der Waals surface area contributed by atoms with Crippen LogP contribution in [0.4, 0.5) is 0 Å². The fourth-order valence-corrected chi connectivity index (χ4v) is 5.12. The van der Waals surface area contributed by atoms with E-state index < -0.39 is 6.04 Å². The molecule has 0 aliphatic carbocycles. The summed E-state index contributed by atoms with van der Waals surface area (Å²) in [5.41, 5.74) is 2.77. The first-order valence-corrected chi connectivity index (χ1v) is 11.1. The molecule has 3 N–H and O–H groups in total. The highest BCUT2D eigenvalue weighted by atomic mass is 16.5. The number of imide groups is 1. The number of hydrogen-bond donors (Lipinski definition) is 3. The van der Waals surface area contributed by atoms with Crippen LogP contribution in [0.15, 0.2) is 18.2 Å². The number of piperidine rings is 1. The SMILES string of the molecule is O=C1CCC(N2Cc3c(CNCC4(N5CCNCC5)COC4)cccc3C2=O)C(=O)N1. The maximum Gasteiger partial charge on any atom is 0.255 e. The Hall–Kier alpha value is -2.33. The van der Waals surface area contributed by atoms with Crippen molar-refractivity contribution in [2.75, 3.05) is 45.9 Å². The normalized spacial score (nSPS) is 25.9. The number of benzene rings is 1. The Kier molecular flexibility index (Phi) is 5.51. The smallest absolute Gasteiger partial charge is 0.255 e. The molecule has 0 radical (unpaired) electrons. The van der Waals surface area contributed by atoms with Crippen molar-refractivity contribution in [3.05, 3.63) is 34.9 Å². The zero-order chi connectivity index (χ0) is 21.4. The minimum absolute atomic E-state index is 0.0502. The number of amides is 3. The lowest BCUT2D eigenvalue weighted by atomic mass is 9.93. The van der Waals surface area contributed by atoms with Crippen LogP contribution in [-0.2, 0) is 27.4 Å². The first-order valence-electron chi connectivity index (χ1n) is 11.1. The summed E-state index contributed by atoms with van der Waals surface area (Å²) in [6.45, 7) is 7.46. The van der Waals surface area contributed by atoms with Gasteiger partial charge in [0.15, 0.2) is 0 Å². The van der Waals surface area contributed by atoms with E-state index in [0.29, 0.717) is 25.1 Å². The summed E-state index contributed by atoms with van der Waals surface area (Å²) in [5, 5.41) is 9.36. The van der Waals surface area contributed by atoms with Crippen LogP contribution in [0.3, 0.4) is 0 Å². The minimum atomic E-state index is -0.582. The van der Waals surface area contributed by atoms with Gasteiger partial charge in [-0.25, -0.2) is 0 Å².